The maximum atomic E-state index is 11.8. The van der Waals surface area contributed by atoms with E-state index in [-0.39, 0.29) is 18.0 Å². The van der Waals surface area contributed by atoms with Crippen molar-refractivity contribution >= 4 is 17.8 Å². The highest BCUT2D eigenvalue weighted by atomic mass is 16.6. The summed E-state index contributed by atoms with van der Waals surface area (Å²) in [5.74, 6) is 2.33. The van der Waals surface area contributed by atoms with E-state index < -0.39 is 17.4 Å². The van der Waals surface area contributed by atoms with Crippen LogP contribution in [0.15, 0.2) is 53.6 Å². The molecule has 0 heterocycles. The summed E-state index contributed by atoms with van der Waals surface area (Å²) in [5, 5.41) is 14.7. The van der Waals surface area contributed by atoms with E-state index in [0.29, 0.717) is 11.3 Å². The first-order chi connectivity index (χ1) is 12.6. The summed E-state index contributed by atoms with van der Waals surface area (Å²) in [7, 11) is 0. The van der Waals surface area contributed by atoms with Crippen LogP contribution in [0.1, 0.15) is 5.56 Å². The number of nitrogens with one attached hydrogen (secondary N) is 1. The highest BCUT2D eigenvalue weighted by Gasteiger charge is 2.14. The molecule has 0 saturated heterocycles. The number of rotatable bonds is 8. The van der Waals surface area contributed by atoms with Crippen LogP contribution < -0.4 is 14.9 Å². The van der Waals surface area contributed by atoms with Gasteiger partial charge < -0.3 is 9.47 Å². The lowest BCUT2D eigenvalue weighted by atomic mass is 10.2. The molecule has 0 bridgehead atoms. The molecule has 0 atom stereocenters. The Morgan fingerprint density at radius 3 is 2.62 bits per heavy atom. The van der Waals surface area contributed by atoms with Crippen molar-refractivity contribution in [1.82, 2.24) is 5.43 Å². The van der Waals surface area contributed by atoms with Crippen molar-refractivity contribution in [3.63, 3.8) is 0 Å². The van der Waals surface area contributed by atoms with Crippen LogP contribution in [0, 0.1) is 22.5 Å². The van der Waals surface area contributed by atoms with Gasteiger partial charge >= 0.3 is 5.69 Å². The molecule has 26 heavy (non-hydrogen) atoms. The first-order valence-electron chi connectivity index (χ1n) is 7.45. The second-order valence-electron chi connectivity index (χ2n) is 4.84. The quantitative estimate of drug-likeness (QED) is 0.339. The number of carbonyl (C=O) groups is 1. The molecule has 0 aliphatic heterocycles. The van der Waals surface area contributed by atoms with Crippen molar-refractivity contribution in [1.29, 1.82) is 0 Å². The van der Waals surface area contributed by atoms with Gasteiger partial charge in [0.2, 0.25) is 0 Å². The largest absolute Gasteiger partial charge is 0.480 e. The molecule has 2 aromatic carbocycles. The van der Waals surface area contributed by atoms with Crippen LogP contribution in [0.3, 0.4) is 0 Å². The molecule has 8 nitrogen and oxygen atoms in total. The number of nitro groups is 1. The highest BCUT2D eigenvalue weighted by molar-refractivity contribution is 5.85. The maximum absolute atomic E-state index is 11.8. The summed E-state index contributed by atoms with van der Waals surface area (Å²) in [6.07, 6.45) is 6.55. The number of nitro benzene ring substituents is 1. The van der Waals surface area contributed by atoms with E-state index in [2.05, 4.69) is 16.4 Å². The predicted octanol–water partition coefficient (Wildman–Crippen LogP) is 2.14. The van der Waals surface area contributed by atoms with Crippen molar-refractivity contribution in [3.05, 3.63) is 64.2 Å². The number of hydrogen-bond donors (Lipinski definition) is 1. The number of amides is 1. The molecule has 0 unspecified atom stereocenters. The van der Waals surface area contributed by atoms with Gasteiger partial charge in [-0.3, -0.25) is 14.9 Å². The van der Waals surface area contributed by atoms with Gasteiger partial charge in [-0.05, 0) is 18.2 Å². The first kappa shape index (κ1) is 18.5. The zero-order valence-electron chi connectivity index (χ0n) is 13.6. The lowest BCUT2D eigenvalue weighted by Crippen LogP contribution is -2.24. The first-order valence-corrected chi connectivity index (χ1v) is 7.45. The van der Waals surface area contributed by atoms with Crippen LogP contribution in [0.5, 0.6) is 11.5 Å². The van der Waals surface area contributed by atoms with Crippen LogP contribution in [0.25, 0.3) is 0 Å². The molecule has 0 saturated carbocycles. The molecule has 0 spiro atoms. The van der Waals surface area contributed by atoms with Crippen molar-refractivity contribution < 1.29 is 19.2 Å². The van der Waals surface area contributed by atoms with E-state index in [1.165, 1.54) is 24.4 Å². The van der Waals surface area contributed by atoms with E-state index in [1.807, 2.05) is 0 Å². The Morgan fingerprint density at radius 2 is 1.88 bits per heavy atom. The molecule has 132 valence electrons. The minimum atomic E-state index is -0.585. The van der Waals surface area contributed by atoms with Gasteiger partial charge in [-0.1, -0.05) is 30.2 Å². The molecule has 0 radical (unpaired) electrons. The number of ether oxygens (including phenoxy) is 2. The Balaban J connectivity index is 1.91. The van der Waals surface area contributed by atoms with Gasteiger partial charge in [0.05, 0.1) is 11.1 Å². The third-order valence-electron chi connectivity index (χ3n) is 3.04. The van der Waals surface area contributed by atoms with Crippen LogP contribution >= 0.6 is 0 Å². The standard InChI is InChI=1S/C18H15N3O5/c1-2-11-25-16-9-5-3-7-14(16)12-19-20-18(22)13-26-17-10-6-4-8-15(17)21(23)24/h1,3-10,12H,11,13H2,(H,20,22)/b19-12-. The highest BCUT2D eigenvalue weighted by Crippen LogP contribution is 2.25. The zero-order chi connectivity index (χ0) is 18.8. The number of terminal acetylenes is 1. The fourth-order valence-corrected chi connectivity index (χ4v) is 1.92. The minimum absolute atomic E-state index is 0.00431. The molecule has 0 aliphatic rings. The van der Waals surface area contributed by atoms with Gasteiger partial charge in [-0.25, -0.2) is 5.43 Å². The molecular formula is C18H15N3O5. The maximum Gasteiger partial charge on any atom is 0.310 e. The van der Waals surface area contributed by atoms with Gasteiger partial charge in [-0.15, -0.1) is 6.42 Å². The Bertz CT molecular complexity index is 858. The Hall–Kier alpha value is -3.86. The molecule has 8 heteroatoms. The molecule has 1 amide bonds. The smallest absolute Gasteiger partial charge is 0.310 e. The topological polar surface area (TPSA) is 103 Å². The monoisotopic (exact) mass is 353 g/mol. The third-order valence-corrected chi connectivity index (χ3v) is 3.04. The summed E-state index contributed by atoms with van der Waals surface area (Å²) in [5.41, 5.74) is 2.68. The summed E-state index contributed by atoms with van der Waals surface area (Å²) < 4.78 is 10.5. The number of hydrazone groups is 1. The minimum Gasteiger partial charge on any atom is -0.480 e. The van der Waals surface area contributed by atoms with Gasteiger partial charge in [0.1, 0.15) is 12.4 Å². The summed E-state index contributed by atoms with van der Waals surface area (Å²) in [4.78, 5) is 22.1. The fourth-order valence-electron chi connectivity index (χ4n) is 1.92. The molecule has 0 aromatic heterocycles. The number of para-hydroxylation sites is 3. The van der Waals surface area contributed by atoms with E-state index in [4.69, 9.17) is 15.9 Å². The third kappa shape index (κ3) is 5.35. The van der Waals surface area contributed by atoms with Crippen molar-refractivity contribution in [2.75, 3.05) is 13.2 Å². The molecule has 2 aromatic rings. The Kier molecular flexibility index (Phi) is 6.71. The molecule has 2 rings (SSSR count). The van der Waals surface area contributed by atoms with Crippen LogP contribution in [-0.2, 0) is 4.79 Å². The van der Waals surface area contributed by atoms with Gasteiger partial charge in [0.25, 0.3) is 5.91 Å². The van der Waals surface area contributed by atoms with Crippen LogP contribution in [0.4, 0.5) is 5.69 Å². The molecular weight excluding hydrogens is 338 g/mol. The zero-order valence-corrected chi connectivity index (χ0v) is 13.6. The van der Waals surface area contributed by atoms with Gasteiger partial charge in [-0.2, -0.15) is 5.10 Å². The number of carbonyl (C=O) groups excluding carboxylic acids is 1. The number of nitrogens with zero attached hydrogens (tertiary/aromatic N) is 2. The van der Waals surface area contributed by atoms with E-state index in [9.17, 15) is 14.9 Å². The summed E-state index contributed by atoms with van der Waals surface area (Å²) in [6, 6.07) is 12.8. The molecule has 1 N–H and O–H groups in total. The Morgan fingerprint density at radius 1 is 1.19 bits per heavy atom. The number of benzene rings is 2. The van der Waals surface area contributed by atoms with E-state index in [0.717, 1.165) is 0 Å². The Labute approximate surface area is 149 Å². The second-order valence-corrected chi connectivity index (χ2v) is 4.84. The number of hydrogen-bond acceptors (Lipinski definition) is 6. The van der Waals surface area contributed by atoms with Crippen LogP contribution in [-0.4, -0.2) is 30.3 Å². The predicted molar refractivity (Wildman–Crippen MR) is 95.1 cm³/mol. The van der Waals surface area contributed by atoms with Crippen molar-refractivity contribution in [2.45, 2.75) is 0 Å². The van der Waals surface area contributed by atoms with E-state index in [1.54, 1.807) is 30.3 Å². The second kappa shape index (κ2) is 9.44. The molecule has 0 fully saturated rings. The van der Waals surface area contributed by atoms with E-state index >= 15 is 0 Å². The van der Waals surface area contributed by atoms with Gasteiger partial charge in [0.15, 0.2) is 12.4 Å². The lowest BCUT2D eigenvalue weighted by Gasteiger charge is -2.06. The molecule has 0 aliphatic carbocycles. The fraction of sp³-hybridized carbons (Fsp3) is 0.111. The summed E-state index contributed by atoms with van der Waals surface area (Å²) in [6.45, 7) is -0.307. The SMILES string of the molecule is C#CCOc1ccccc1/C=N\NC(=O)COc1ccccc1[N+](=O)[O-]. The average molecular weight is 353 g/mol. The summed E-state index contributed by atoms with van der Waals surface area (Å²) >= 11 is 0. The van der Waals surface area contributed by atoms with Gasteiger partial charge in [0, 0.05) is 11.6 Å². The normalized spacial score (nSPS) is 10.1. The van der Waals surface area contributed by atoms with Crippen molar-refractivity contribution in [2.24, 2.45) is 5.10 Å². The van der Waals surface area contributed by atoms with Crippen molar-refractivity contribution in [3.8, 4) is 23.8 Å². The lowest BCUT2D eigenvalue weighted by molar-refractivity contribution is -0.385. The van der Waals surface area contributed by atoms with Crippen LogP contribution in [0.2, 0.25) is 0 Å². The average Bonchev–Trinajstić information content (AvgIpc) is 2.65.